The Bertz CT molecular complexity index is 939. The molecule has 0 aliphatic rings. The molecule has 2 heterocycles. The molecule has 1 aromatic carbocycles. The molecule has 128 valence electrons. The molecule has 0 saturated heterocycles. The van der Waals surface area contributed by atoms with Gasteiger partial charge >= 0.3 is 0 Å². The molecule has 0 spiro atoms. The highest BCUT2D eigenvalue weighted by Gasteiger charge is 2.13. The Balaban J connectivity index is 1.73. The number of aromatic amines is 1. The third-order valence-corrected chi connectivity index (χ3v) is 4.18. The molecule has 0 aliphatic carbocycles. The van der Waals surface area contributed by atoms with Gasteiger partial charge < -0.3 is 14.9 Å². The Morgan fingerprint density at radius 1 is 1.12 bits per heavy atom. The first-order valence-corrected chi connectivity index (χ1v) is 8.21. The van der Waals surface area contributed by atoms with E-state index in [9.17, 15) is 9.59 Å². The summed E-state index contributed by atoms with van der Waals surface area (Å²) < 4.78 is 1.90. The lowest BCUT2D eigenvalue weighted by Gasteiger charge is -2.11. The summed E-state index contributed by atoms with van der Waals surface area (Å²) in [5.74, 6) is -0.194. The molecule has 0 fully saturated rings. The van der Waals surface area contributed by atoms with E-state index in [0.29, 0.717) is 17.8 Å². The van der Waals surface area contributed by atoms with Crippen molar-refractivity contribution >= 4 is 5.91 Å². The van der Waals surface area contributed by atoms with E-state index in [4.69, 9.17) is 0 Å². The minimum absolute atomic E-state index is 0.155. The Kier molecular flexibility index (Phi) is 4.84. The van der Waals surface area contributed by atoms with Gasteiger partial charge in [0.2, 0.25) is 0 Å². The highest BCUT2D eigenvalue weighted by Crippen LogP contribution is 2.09. The van der Waals surface area contributed by atoms with Gasteiger partial charge in [-0.2, -0.15) is 0 Å². The number of aromatic nitrogens is 2. The summed E-state index contributed by atoms with van der Waals surface area (Å²) in [6.07, 6.45) is 1.88. The van der Waals surface area contributed by atoms with Crippen LogP contribution in [0.15, 0.2) is 59.5 Å². The first-order valence-electron chi connectivity index (χ1n) is 8.21. The molecule has 2 N–H and O–H groups in total. The predicted molar refractivity (Wildman–Crippen MR) is 97.7 cm³/mol. The molecule has 0 atom stereocenters. The van der Waals surface area contributed by atoms with Gasteiger partial charge in [0.15, 0.2) is 0 Å². The first-order chi connectivity index (χ1) is 12.0. The maximum absolute atomic E-state index is 12.5. The summed E-state index contributed by atoms with van der Waals surface area (Å²) in [4.78, 5) is 27.4. The lowest BCUT2D eigenvalue weighted by molar-refractivity contribution is 0.0942. The van der Waals surface area contributed by atoms with Gasteiger partial charge in [-0.05, 0) is 43.2 Å². The summed E-state index contributed by atoms with van der Waals surface area (Å²) >= 11 is 0. The van der Waals surface area contributed by atoms with Crippen molar-refractivity contribution in [2.75, 3.05) is 0 Å². The first kappa shape index (κ1) is 16.8. The van der Waals surface area contributed by atoms with Crippen LogP contribution in [-0.4, -0.2) is 15.5 Å². The van der Waals surface area contributed by atoms with E-state index >= 15 is 0 Å². The standard InChI is InChI=1S/C20H21N3O2/c1-14-11-15(2)22-19(24)17(14)12-21-20(25)18-9-6-10-23(18)13-16-7-4-3-5-8-16/h3-11H,12-13H2,1-2H3,(H,21,25)(H,22,24). The summed E-state index contributed by atoms with van der Waals surface area (Å²) in [5.41, 5.74) is 3.82. The zero-order valence-electron chi connectivity index (χ0n) is 14.4. The lowest BCUT2D eigenvalue weighted by Crippen LogP contribution is -2.29. The van der Waals surface area contributed by atoms with Crippen LogP contribution in [0, 0.1) is 13.8 Å². The van der Waals surface area contributed by atoms with E-state index in [1.165, 1.54) is 0 Å². The van der Waals surface area contributed by atoms with Crippen molar-refractivity contribution in [1.82, 2.24) is 14.9 Å². The molecule has 25 heavy (non-hydrogen) atoms. The number of carbonyl (C=O) groups excluding carboxylic acids is 1. The third-order valence-electron chi connectivity index (χ3n) is 4.18. The van der Waals surface area contributed by atoms with Crippen molar-refractivity contribution in [3.8, 4) is 0 Å². The summed E-state index contributed by atoms with van der Waals surface area (Å²) in [5, 5.41) is 2.85. The van der Waals surface area contributed by atoms with Crippen molar-refractivity contribution in [3.63, 3.8) is 0 Å². The fourth-order valence-corrected chi connectivity index (χ4v) is 2.90. The molecule has 5 nitrogen and oxygen atoms in total. The van der Waals surface area contributed by atoms with Crippen LogP contribution in [0.2, 0.25) is 0 Å². The van der Waals surface area contributed by atoms with Crippen LogP contribution in [0.25, 0.3) is 0 Å². The van der Waals surface area contributed by atoms with Crippen molar-refractivity contribution in [2.24, 2.45) is 0 Å². The molecule has 5 heteroatoms. The maximum atomic E-state index is 12.5. The largest absolute Gasteiger partial charge is 0.346 e. The molecule has 2 aromatic heterocycles. The van der Waals surface area contributed by atoms with Gasteiger partial charge in [-0.1, -0.05) is 30.3 Å². The Morgan fingerprint density at radius 2 is 1.88 bits per heavy atom. The number of aryl methyl sites for hydroxylation is 2. The van der Waals surface area contributed by atoms with Gasteiger partial charge in [0.1, 0.15) is 5.69 Å². The smallest absolute Gasteiger partial charge is 0.268 e. The number of pyridine rings is 1. The number of nitrogens with one attached hydrogen (secondary N) is 2. The van der Waals surface area contributed by atoms with Crippen LogP contribution in [0.3, 0.4) is 0 Å². The lowest BCUT2D eigenvalue weighted by atomic mass is 10.1. The fraction of sp³-hybridized carbons (Fsp3) is 0.200. The Labute approximate surface area is 146 Å². The van der Waals surface area contributed by atoms with Crippen LogP contribution in [0.4, 0.5) is 0 Å². The summed E-state index contributed by atoms with van der Waals surface area (Å²) in [7, 11) is 0. The van der Waals surface area contributed by atoms with Crippen LogP contribution in [-0.2, 0) is 13.1 Å². The summed E-state index contributed by atoms with van der Waals surface area (Å²) in [6, 6.07) is 15.5. The van der Waals surface area contributed by atoms with E-state index in [-0.39, 0.29) is 18.0 Å². The number of hydrogen-bond donors (Lipinski definition) is 2. The van der Waals surface area contributed by atoms with Crippen molar-refractivity contribution < 1.29 is 4.79 Å². The van der Waals surface area contributed by atoms with Crippen LogP contribution < -0.4 is 10.9 Å². The number of H-pyrrole nitrogens is 1. The quantitative estimate of drug-likeness (QED) is 0.753. The molecule has 1 amide bonds. The molecule has 0 unspecified atom stereocenters. The van der Waals surface area contributed by atoms with E-state index in [1.54, 1.807) is 6.07 Å². The van der Waals surface area contributed by atoms with E-state index < -0.39 is 0 Å². The average molecular weight is 335 g/mol. The number of amides is 1. The number of nitrogens with zero attached hydrogens (tertiary/aromatic N) is 1. The molecule has 3 rings (SSSR count). The second-order valence-corrected chi connectivity index (χ2v) is 6.13. The average Bonchev–Trinajstić information content (AvgIpc) is 3.03. The van der Waals surface area contributed by atoms with Crippen molar-refractivity contribution in [1.29, 1.82) is 0 Å². The van der Waals surface area contributed by atoms with Gasteiger partial charge in [-0.15, -0.1) is 0 Å². The van der Waals surface area contributed by atoms with Gasteiger partial charge in [0, 0.05) is 30.5 Å². The highest BCUT2D eigenvalue weighted by atomic mass is 16.2. The second kappa shape index (κ2) is 7.21. The molecule has 0 bridgehead atoms. The van der Waals surface area contributed by atoms with Gasteiger partial charge in [0.25, 0.3) is 11.5 Å². The predicted octanol–water partition coefficient (Wildman–Crippen LogP) is 2.77. The Morgan fingerprint density at radius 3 is 2.60 bits per heavy atom. The molecule has 3 aromatic rings. The van der Waals surface area contributed by atoms with Crippen LogP contribution in [0.1, 0.15) is 32.9 Å². The van der Waals surface area contributed by atoms with E-state index in [2.05, 4.69) is 10.3 Å². The highest BCUT2D eigenvalue weighted by molar-refractivity contribution is 5.92. The second-order valence-electron chi connectivity index (χ2n) is 6.13. The van der Waals surface area contributed by atoms with E-state index in [1.807, 2.05) is 67.1 Å². The number of rotatable bonds is 5. The fourth-order valence-electron chi connectivity index (χ4n) is 2.90. The van der Waals surface area contributed by atoms with Gasteiger partial charge in [-0.3, -0.25) is 9.59 Å². The molecular formula is C20H21N3O2. The van der Waals surface area contributed by atoms with Crippen LogP contribution in [0.5, 0.6) is 0 Å². The minimum Gasteiger partial charge on any atom is -0.346 e. The van der Waals surface area contributed by atoms with Gasteiger partial charge in [0.05, 0.1) is 0 Å². The maximum Gasteiger partial charge on any atom is 0.268 e. The number of hydrogen-bond acceptors (Lipinski definition) is 2. The normalized spacial score (nSPS) is 10.6. The van der Waals surface area contributed by atoms with Crippen molar-refractivity contribution in [2.45, 2.75) is 26.9 Å². The zero-order chi connectivity index (χ0) is 17.8. The van der Waals surface area contributed by atoms with Crippen LogP contribution >= 0.6 is 0 Å². The van der Waals surface area contributed by atoms with Crippen molar-refractivity contribution in [3.05, 3.63) is 93.2 Å². The van der Waals surface area contributed by atoms with E-state index in [0.717, 1.165) is 16.8 Å². The summed E-state index contributed by atoms with van der Waals surface area (Å²) in [6.45, 7) is 4.55. The molecule has 0 radical (unpaired) electrons. The SMILES string of the molecule is Cc1cc(C)c(CNC(=O)c2cccn2Cc2ccccc2)c(=O)[nH]1. The monoisotopic (exact) mass is 335 g/mol. The number of carbonyl (C=O) groups is 1. The van der Waals surface area contributed by atoms with Gasteiger partial charge in [-0.25, -0.2) is 0 Å². The number of benzene rings is 1. The Hall–Kier alpha value is -3.08. The molecular weight excluding hydrogens is 314 g/mol. The zero-order valence-corrected chi connectivity index (χ0v) is 14.4. The molecule has 0 saturated carbocycles. The topological polar surface area (TPSA) is 66.9 Å². The minimum atomic E-state index is -0.194. The third kappa shape index (κ3) is 3.88. The molecule has 0 aliphatic heterocycles.